The number of allylic oxidation sites excluding steroid dienone is 1. The van der Waals surface area contributed by atoms with Crippen LogP contribution in [0, 0.1) is 17.8 Å². The Labute approximate surface area is 265 Å². The molecule has 45 heavy (non-hydrogen) atoms. The number of aliphatic hydroxyl groups is 1. The number of hydrogen-bond acceptors (Lipinski definition) is 8. The van der Waals surface area contributed by atoms with Gasteiger partial charge in [0, 0.05) is 18.9 Å². The summed E-state index contributed by atoms with van der Waals surface area (Å²) >= 11 is 0. The van der Waals surface area contributed by atoms with Crippen molar-refractivity contribution in [1.82, 2.24) is 20.3 Å². The van der Waals surface area contributed by atoms with Crippen LogP contribution in [0.3, 0.4) is 0 Å². The van der Waals surface area contributed by atoms with Gasteiger partial charge < -0.3 is 25.4 Å². The Morgan fingerprint density at radius 1 is 1.20 bits per heavy atom. The average Bonchev–Trinajstić information content (AvgIpc) is 3.90. The molecule has 1 aliphatic heterocycles. The van der Waals surface area contributed by atoms with E-state index in [0.717, 1.165) is 19.3 Å². The molecule has 2 saturated carbocycles. The van der Waals surface area contributed by atoms with Crippen molar-refractivity contribution in [3.8, 4) is 0 Å². The maximum atomic E-state index is 14.0. The zero-order valence-electron chi connectivity index (χ0n) is 26.6. The molecule has 4 amide bonds. The summed E-state index contributed by atoms with van der Waals surface area (Å²) in [6.45, 7) is 12.1. The first-order chi connectivity index (χ1) is 21.2. The highest BCUT2D eigenvalue weighted by Crippen LogP contribution is 2.47. The summed E-state index contributed by atoms with van der Waals surface area (Å²) in [5, 5.41) is 15.8. The van der Waals surface area contributed by atoms with Crippen LogP contribution in [-0.2, 0) is 29.1 Å². The standard InChI is InChI=1S/C31H49FN4O8S/c1-6-9-11-20(4)15-21(5)25(33-29(41)44-14-10-7-2)27(39)36-18-23(37)16-24(36)26(38)34-31(17-22(31)8-3)28(40)35-45(42,43)30(19-32)12-13-30/h6,8,20-25,37H,1,3,7,9-19H2,2,4-5H3,(H,33,41)(H,34,38)(H,35,40)/t20?,21-,22-,23-,24+,25+,31-/m1/s1. The maximum Gasteiger partial charge on any atom is 0.407 e. The molecular formula is C31H49FN4O8S. The molecule has 2 aliphatic carbocycles. The molecule has 3 rings (SSSR count). The fraction of sp³-hybridized carbons (Fsp3) is 0.742. The monoisotopic (exact) mass is 656 g/mol. The first-order valence-electron chi connectivity index (χ1n) is 15.8. The van der Waals surface area contributed by atoms with Gasteiger partial charge in [0.25, 0.3) is 5.91 Å². The topological polar surface area (TPSA) is 171 Å². The van der Waals surface area contributed by atoms with Crippen LogP contribution in [0.25, 0.3) is 0 Å². The fourth-order valence-corrected chi connectivity index (χ4v) is 7.40. The molecule has 4 N–H and O–H groups in total. The largest absolute Gasteiger partial charge is 0.450 e. The highest BCUT2D eigenvalue weighted by Gasteiger charge is 2.63. The number of hydrogen-bond donors (Lipinski definition) is 4. The molecule has 0 bridgehead atoms. The summed E-state index contributed by atoms with van der Waals surface area (Å²) in [5.74, 6) is -3.12. The second-order valence-electron chi connectivity index (χ2n) is 12.9. The molecule has 0 aromatic carbocycles. The van der Waals surface area contributed by atoms with E-state index in [1.165, 1.54) is 11.0 Å². The van der Waals surface area contributed by atoms with Crippen LogP contribution in [-0.4, -0.2) is 90.5 Å². The Bertz CT molecular complexity index is 1240. The van der Waals surface area contributed by atoms with Crippen molar-refractivity contribution in [2.45, 2.75) is 107 Å². The van der Waals surface area contributed by atoms with E-state index in [4.69, 9.17) is 4.74 Å². The van der Waals surface area contributed by atoms with Crippen molar-refractivity contribution >= 4 is 33.8 Å². The summed E-state index contributed by atoms with van der Waals surface area (Å²) in [6, 6.07) is -2.27. The number of unbranched alkanes of at least 4 members (excludes halogenated alkanes) is 1. The lowest BCUT2D eigenvalue weighted by Gasteiger charge is -2.33. The maximum absolute atomic E-state index is 14.0. The van der Waals surface area contributed by atoms with Gasteiger partial charge in [0.15, 0.2) is 0 Å². The van der Waals surface area contributed by atoms with Crippen LogP contribution in [0.2, 0.25) is 0 Å². The Kier molecular flexibility index (Phi) is 12.2. The van der Waals surface area contributed by atoms with E-state index in [-0.39, 0.29) is 50.7 Å². The minimum Gasteiger partial charge on any atom is -0.450 e. The van der Waals surface area contributed by atoms with Gasteiger partial charge in [-0.05, 0) is 56.8 Å². The van der Waals surface area contributed by atoms with Gasteiger partial charge in [-0.25, -0.2) is 17.6 Å². The van der Waals surface area contributed by atoms with Gasteiger partial charge in [0.05, 0.1) is 12.7 Å². The van der Waals surface area contributed by atoms with Crippen molar-refractivity contribution in [2.24, 2.45) is 17.8 Å². The van der Waals surface area contributed by atoms with E-state index in [2.05, 4.69) is 23.8 Å². The van der Waals surface area contributed by atoms with Crippen LogP contribution in [0.4, 0.5) is 9.18 Å². The fourth-order valence-electron chi connectivity index (χ4n) is 5.97. The van der Waals surface area contributed by atoms with Crippen molar-refractivity contribution in [3.05, 3.63) is 25.3 Å². The summed E-state index contributed by atoms with van der Waals surface area (Å²) in [5.41, 5.74) is -1.66. The van der Waals surface area contributed by atoms with E-state index in [9.17, 15) is 37.1 Å². The van der Waals surface area contributed by atoms with Gasteiger partial charge in [-0.15, -0.1) is 13.2 Å². The molecule has 0 aromatic rings. The van der Waals surface area contributed by atoms with Crippen molar-refractivity contribution < 1.29 is 41.8 Å². The predicted octanol–water partition coefficient (Wildman–Crippen LogP) is 2.48. The summed E-state index contributed by atoms with van der Waals surface area (Å²) in [4.78, 5) is 54.8. The molecule has 3 aliphatic rings. The SMILES string of the molecule is C=CCCC(C)C[C@@H](C)[C@H](NC(=O)OCCCC)C(=O)N1C[C@H](O)C[C@H]1C(=O)N[C@]1(C(=O)NS(=O)(=O)C2(CF)CC2)C[C@H]1C=C. The number of carbonyl (C=O) groups excluding carboxylic acids is 4. The summed E-state index contributed by atoms with van der Waals surface area (Å²) < 4.78 is 44.6. The molecule has 0 spiro atoms. The molecule has 12 nitrogen and oxygen atoms in total. The van der Waals surface area contributed by atoms with E-state index in [1.54, 1.807) is 0 Å². The second kappa shape index (κ2) is 15.1. The minimum absolute atomic E-state index is 0.0584. The normalized spacial score (nSPS) is 27.0. The van der Waals surface area contributed by atoms with Crippen LogP contribution < -0.4 is 15.4 Å². The third-order valence-electron chi connectivity index (χ3n) is 9.24. The number of alkyl carbamates (subject to hydrolysis) is 1. The zero-order valence-corrected chi connectivity index (χ0v) is 27.4. The number of carbonyl (C=O) groups is 4. The quantitative estimate of drug-likeness (QED) is 0.129. The minimum atomic E-state index is -4.34. The molecule has 7 atom stereocenters. The van der Waals surface area contributed by atoms with E-state index in [0.29, 0.717) is 12.8 Å². The van der Waals surface area contributed by atoms with Gasteiger partial charge in [0.2, 0.25) is 21.8 Å². The Hall–Kier alpha value is -3.00. The third kappa shape index (κ3) is 8.43. The molecule has 1 unspecified atom stereocenters. The molecule has 254 valence electrons. The number of ether oxygens (including phenoxy) is 1. The number of aliphatic hydroxyl groups excluding tert-OH is 1. The summed E-state index contributed by atoms with van der Waals surface area (Å²) in [7, 11) is -4.34. The zero-order chi connectivity index (χ0) is 33.6. The molecular weight excluding hydrogens is 607 g/mol. The Morgan fingerprint density at radius 2 is 1.89 bits per heavy atom. The lowest BCUT2D eigenvalue weighted by atomic mass is 9.88. The van der Waals surface area contributed by atoms with Crippen LogP contribution in [0.5, 0.6) is 0 Å². The molecule has 1 saturated heterocycles. The van der Waals surface area contributed by atoms with E-state index >= 15 is 0 Å². The average molecular weight is 657 g/mol. The van der Waals surface area contributed by atoms with Crippen LogP contribution >= 0.6 is 0 Å². The highest BCUT2D eigenvalue weighted by molar-refractivity contribution is 7.91. The van der Waals surface area contributed by atoms with Gasteiger partial charge in [0.1, 0.15) is 29.0 Å². The van der Waals surface area contributed by atoms with Gasteiger partial charge in [-0.1, -0.05) is 39.3 Å². The van der Waals surface area contributed by atoms with Gasteiger partial charge >= 0.3 is 6.09 Å². The molecule has 3 fully saturated rings. The van der Waals surface area contributed by atoms with Crippen LogP contribution in [0.1, 0.15) is 78.6 Å². The van der Waals surface area contributed by atoms with E-state index < -0.39 is 74.9 Å². The number of nitrogens with zero attached hydrogens (tertiary/aromatic N) is 1. The lowest BCUT2D eigenvalue weighted by Crippen LogP contribution is -2.59. The number of β-amino-alcohol motifs (C(OH)–C–C–N with tert-alkyl or cyclic N) is 1. The number of sulfonamides is 1. The van der Waals surface area contributed by atoms with Crippen molar-refractivity contribution in [1.29, 1.82) is 0 Å². The second-order valence-corrected chi connectivity index (χ2v) is 15.0. The van der Waals surface area contributed by atoms with Crippen molar-refractivity contribution in [2.75, 3.05) is 19.8 Å². The Morgan fingerprint density at radius 3 is 2.44 bits per heavy atom. The van der Waals surface area contributed by atoms with Crippen LogP contribution in [0.15, 0.2) is 25.3 Å². The lowest BCUT2D eigenvalue weighted by molar-refractivity contribution is -0.142. The molecule has 14 heteroatoms. The predicted molar refractivity (Wildman–Crippen MR) is 166 cm³/mol. The number of rotatable bonds is 18. The molecule has 1 heterocycles. The number of alkyl halides is 1. The number of nitrogens with one attached hydrogen (secondary N) is 3. The van der Waals surface area contributed by atoms with Gasteiger partial charge in [-0.2, -0.15) is 0 Å². The van der Waals surface area contributed by atoms with Crippen molar-refractivity contribution in [3.63, 3.8) is 0 Å². The Balaban J connectivity index is 1.80. The molecule has 0 radical (unpaired) electrons. The smallest absolute Gasteiger partial charge is 0.407 e. The number of halogens is 1. The first kappa shape index (κ1) is 36.5. The van der Waals surface area contributed by atoms with Gasteiger partial charge in [-0.3, -0.25) is 19.1 Å². The number of amides is 4. The number of likely N-dealkylation sites (tertiary alicyclic amines) is 1. The molecule has 0 aromatic heterocycles. The summed E-state index contributed by atoms with van der Waals surface area (Å²) in [6.07, 6.45) is 5.16. The van der Waals surface area contributed by atoms with E-state index in [1.807, 2.05) is 31.6 Å². The third-order valence-corrected chi connectivity index (χ3v) is 11.4. The highest BCUT2D eigenvalue weighted by atomic mass is 32.2. The first-order valence-corrected chi connectivity index (χ1v) is 17.3.